The van der Waals surface area contributed by atoms with E-state index in [1.54, 1.807) is 4.90 Å². The molecule has 2 fully saturated rings. The second-order valence-electron chi connectivity index (χ2n) is 8.38. The zero-order valence-electron chi connectivity index (χ0n) is 17.4. The van der Waals surface area contributed by atoms with Crippen LogP contribution in [0.2, 0.25) is 0 Å². The Morgan fingerprint density at radius 3 is 2.13 bits per heavy atom. The zero-order chi connectivity index (χ0) is 21.1. The summed E-state index contributed by atoms with van der Waals surface area (Å²) in [5.74, 6) is -0.583. The Labute approximate surface area is 177 Å². The first kappa shape index (κ1) is 20.3. The maximum absolute atomic E-state index is 13.2. The highest BCUT2D eigenvalue weighted by molar-refractivity contribution is 6.05. The number of aryl methyl sites for hydroxylation is 1. The van der Waals surface area contributed by atoms with Crippen LogP contribution in [0.25, 0.3) is 0 Å². The maximum Gasteiger partial charge on any atom is 0.233 e. The van der Waals surface area contributed by atoms with Crippen LogP contribution in [0.3, 0.4) is 0 Å². The van der Waals surface area contributed by atoms with Gasteiger partial charge in [-0.1, -0.05) is 60.9 Å². The van der Waals surface area contributed by atoms with Crippen LogP contribution in [0, 0.1) is 18.8 Å². The molecule has 0 spiro atoms. The number of carbonyl (C=O) groups is 3. The minimum Gasteiger partial charge on any atom is -0.308 e. The average molecular weight is 405 g/mol. The number of amides is 3. The van der Waals surface area contributed by atoms with Gasteiger partial charge in [0.15, 0.2) is 0 Å². The Hall–Kier alpha value is -2.95. The second-order valence-corrected chi connectivity index (χ2v) is 8.38. The molecule has 156 valence electrons. The van der Waals surface area contributed by atoms with E-state index in [0.29, 0.717) is 6.54 Å². The summed E-state index contributed by atoms with van der Waals surface area (Å²) in [4.78, 5) is 41.7. The van der Waals surface area contributed by atoms with Gasteiger partial charge in [0.1, 0.15) is 0 Å². The van der Waals surface area contributed by atoms with Crippen molar-refractivity contribution in [2.45, 2.75) is 45.6 Å². The van der Waals surface area contributed by atoms with E-state index in [1.807, 2.05) is 61.5 Å². The molecule has 3 amide bonds. The highest BCUT2D eigenvalue weighted by atomic mass is 16.2. The highest BCUT2D eigenvalue weighted by Crippen LogP contribution is 2.38. The molecule has 1 saturated heterocycles. The van der Waals surface area contributed by atoms with Crippen LogP contribution in [0.4, 0.5) is 5.69 Å². The molecular formula is C25H28N2O3. The molecule has 2 aliphatic rings. The number of rotatable bonds is 6. The van der Waals surface area contributed by atoms with E-state index >= 15 is 0 Å². The summed E-state index contributed by atoms with van der Waals surface area (Å²) in [6.45, 7) is 2.63. The monoisotopic (exact) mass is 404 g/mol. The van der Waals surface area contributed by atoms with Crippen molar-refractivity contribution in [2.75, 3.05) is 11.4 Å². The van der Waals surface area contributed by atoms with Gasteiger partial charge in [0, 0.05) is 18.7 Å². The summed E-state index contributed by atoms with van der Waals surface area (Å²) >= 11 is 0. The first-order chi connectivity index (χ1) is 14.5. The molecule has 0 bridgehead atoms. The first-order valence-corrected chi connectivity index (χ1v) is 10.8. The predicted octanol–water partition coefficient (Wildman–Crippen LogP) is 4.09. The molecule has 4 rings (SSSR count). The summed E-state index contributed by atoms with van der Waals surface area (Å²) in [5, 5.41) is 0. The van der Waals surface area contributed by atoms with Crippen LogP contribution in [0.1, 0.15) is 43.2 Å². The molecule has 0 N–H and O–H groups in total. The molecule has 1 aliphatic carbocycles. The fourth-order valence-electron chi connectivity index (χ4n) is 4.61. The summed E-state index contributed by atoms with van der Waals surface area (Å²) in [5.41, 5.74) is 2.98. The van der Waals surface area contributed by atoms with E-state index in [9.17, 15) is 14.4 Å². The van der Waals surface area contributed by atoms with Gasteiger partial charge < -0.3 is 4.90 Å². The lowest BCUT2D eigenvalue weighted by molar-refractivity contribution is -0.140. The SMILES string of the molecule is Cc1ccc(N(Cc2ccccc2)C(=O)CCN2C(=O)C3CCCCC3C2=O)cc1. The number of nitrogens with zero attached hydrogens (tertiary/aromatic N) is 2. The average Bonchev–Trinajstić information content (AvgIpc) is 3.02. The molecule has 0 radical (unpaired) electrons. The number of fused-ring (bicyclic) bond motifs is 1. The third kappa shape index (κ3) is 4.16. The minimum atomic E-state index is -0.168. The lowest BCUT2D eigenvalue weighted by Crippen LogP contribution is -2.37. The summed E-state index contributed by atoms with van der Waals surface area (Å²) in [7, 11) is 0. The van der Waals surface area contributed by atoms with Crippen LogP contribution in [-0.4, -0.2) is 29.2 Å². The van der Waals surface area contributed by atoms with Crippen molar-refractivity contribution in [3.8, 4) is 0 Å². The molecule has 2 aromatic carbocycles. The number of anilines is 1. The van der Waals surface area contributed by atoms with E-state index in [-0.39, 0.29) is 42.5 Å². The summed E-state index contributed by atoms with van der Waals surface area (Å²) in [6, 6.07) is 17.7. The molecule has 2 atom stereocenters. The Bertz CT molecular complexity index is 899. The molecule has 0 aromatic heterocycles. The van der Waals surface area contributed by atoms with Crippen LogP contribution >= 0.6 is 0 Å². The van der Waals surface area contributed by atoms with Crippen molar-refractivity contribution >= 4 is 23.4 Å². The Morgan fingerprint density at radius 1 is 0.933 bits per heavy atom. The van der Waals surface area contributed by atoms with E-state index in [1.165, 1.54) is 4.90 Å². The van der Waals surface area contributed by atoms with E-state index < -0.39 is 0 Å². The molecule has 2 aromatic rings. The Kier molecular flexibility index (Phi) is 5.98. The van der Waals surface area contributed by atoms with Gasteiger partial charge in [-0.05, 0) is 37.5 Å². The highest BCUT2D eigenvalue weighted by Gasteiger charge is 2.47. The summed E-state index contributed by atoms with van der Waals surface area (Å²) < 4.78 is 0. The fourth-order valence-corrected chi connectivity index (χ4v) is 4.61. The van der Waals surface area contributed by atoms with Crippen molar-refractivity contribution in [3.63, 3.8) is 0 Å². The molecule has 1 aliphatic heterocycles. The van der Waals surface area contributed by atoms with Gasteiger partial charge in [-0.15, -0.1) is 0 Å². The van der Waals surface area contributed by atoms with Crippen LogP contribution in [0.5, 0.6) is 0 Å². The Balaban J connectivity index is 1.48. The molecule has 1 saturated carbocycles. The number of imide groups is 1. The normalized spacial score (nSPS) is 20.9. The minimum absolute atomic E-state index is 0.0811. The van der Waals surface area contributed by atoms with Gasteiger partial charge in [0.2, 0.25) is 17.7 Å². The van der Waals surface area contributed by atoms with Gasteiger partial charge >= 0.3 is 0 Å². The number of likely N-dealkylation sites (tertiary alicyclic amines) is 1. The van der Waals surface area contributed by atoms with Gasteiger partial charge in [-0.2, -0.15) is 0 Å². The largest absolute Gasteiger partial charge is 0.308 e. The van der Waals surface area contributed by atoms with E-state index in [4.69, 9.17) is 0 Å². The predicted molar refractivity (Wildman–Crippen MR) is 116 cm³/mol. The number of benzene rings is 2. The van der Waals surface area contributed by atoms with Gasteiger partial charge in [0.25, 0.3) is 0 Å². The molecule has 30 heavy (non-hydrogen) atoms. The van der Waals surface area contributed by atoms with Crippen molar-refractivity contribution in [3.05, 3.63) is 65.7 Å². The molecular weight excluding hydrogens is 376 g/mol. The zero-order valence-corrected chi connectivity index (χ0v) is 17.4. The third-order valence-electron chi connectivity index (χ3n) is 6.31. The van der Waals surface area contributed by atoms with Gasteiger partial charge in [0.05, 0.1) is 18.4 Å². The first-order valence-electron chi connectivity index (χ1n) is 10.8. The van der Waals surface area contributed by atoms with Crippen molar-refractivity contribution < 1.29 is 14.4 Å². The topological polar surface area (TPSA) is 57.7 Å². The third-order valence-corrected chi connectivity index (χ3v) is 6.31. The van der Waals surface area contributed by atoms with Gasteiger partial charge in [-0.3, -0.25) is 19.3 Å². The van der Waals surface area contributed by atoms with Crippen LogP contribution < -0.4 is 4.90 Å². The van der Waals surface area contributed by atoms with E-state index in [0.717, 1.165) is 42.5 Å². The molecule has 2 unspecified atom stereocenters. The fraction of sp³-hybridized carbons (Fsp3) is 0.400. The number of carbonyl (C=O) groups excluding carboxylic acids is 3. The quantitative estimate of drug-likeness (QED) is 0.682. The standard InChI is InChI=1S/C25H28N2O3/c1-18-11-13-20(14-12-18)27(17-19-7-3-2-4-8-19)23(28)15-16-26-24(29)21-9-5-6-10-22(21)25(26)30/h2-4,7-8,11-14,21-22H,5-6,9-10,15-17H2,1H3. The Morgan fingerprint density at radius 2 is 1.53 bits per heavy atom. The van der Waals surface area contributed by atoms with E-state index in [2.05, 4.69) is 0 Å². The molecule has 5 nitrogen and oxygen atoms in total. The van der Waals surface area contributed by atoms with Crippen molar-refractivity contribution in [2.24, 2.45) is 11.8 Å². The summed E-state index contributed by atoms with van der Waals surface area (Å²) in [6.07, 6.45) is 3.74. The lowest BCUT2D eigenvalue weighted by Gasteiger charge is -2.24. The molecule has 1 heterocycles. The van der Waals surface area contributed by atoms with Crippen LogP contribution in [-0.2, 0) is 20.9 Å². The number of hydrogen-bond acceptors (Lipinski definition) is 3. The van der Waals surface area contributed by atoms with Crippen molar-refractivity contribution in [1.82, 2.24) is 4.90 Å². The lowest BCUT2D eigenvalue weighted by atomic mass is 9.81. The van der Waals surface area contributed by atoms with Gasteiger partial charge in [-0.25, -0.2) is 0 Å². The smallest absolute Gasteiger partial charge is 0.233 e. The maximum atomic E-state index is 13.2. The van der Waals surface area contributed by atoms with Crippen molar-refractivity contribution in [1.29, 1.82) is 0 Å². The number of hydrogen-bond donors (Lipinski definition) is 0. The van der Waals surface area contributed by atoms with Crippen LogP contribution in [0.15, 0.2) is 54.6 Å². The second kappa shape index (κ2) is 8.82. The molecule has 5 heteroatoms.